The number of fused-ring (bicyclic) bond motifs is 1. The minimum Gasteiger partial charge on any atom is -0.465 e. The van der Waals surface area contributed by atoms with Crippen molar-refractivity contribution in [2.24, 2.45) is 0 Å². The van der Waals surface area contributed by atoms with Gasteiger partial charge in [0, 0.05) is 12.8 Å². The molecule has 1 aliphatic carbocycles. The summed E-state index contributed by atoms with van der Waals surface area (Å²) in [5.74, 6) is 0.615. The van der Waals surface area contributed by atoms with E-state index in [9.17, 15) is 9.18 Å². The summed E-state index contributed by atoms with van der Waals surface area (Å²) in [5.41, 5.74) is 4.69. The summed E-state index contributed by atoms with van der Waals surface area (Å²) in [6, 6.07) is 8.44. The second kappa shape index (κ2) is 5.76. The molecule has 3 rings (SSSR count). The zero-order valence-corrected chi connectivity index (χ0v) is 12.7. The highest BCUT2D eigenvalue weighted by atomic mass is 19.1. The van der Waals surface area contributed by atoms with Crippen LogP contribution in [0.1, 0.15) is 43.6 Å². The quantitative estimate of drug-likeness (QED) is 0.784. The number of carbonyl (C=O) groups excluding carboxylic acids is 1. The number of carbonyl (C=O) groups is 1. The van der Waals surface area contributed by atoms with Gasteiger partial charge in [-0.15, -0.1) is 0 Å². The predicted octanol–water partition coefficient (Wildman–Crippen LogP) is 5.12. The number of ketones is 1. The van der Waals surface area contributed by atoms with Gasteiger partial charge in [0.1, 0.15) is 17.4 Å². The van der Waals surface area contributed by atoms with E-state index in [1.54, 1.807) is 12.3 Å². The highest BCUT2D eigenvalue weighted by molar-refractivity contribution is 6.08. The van der Waals surface area contributed by atoms with Crippen LogP contribution in [0.25, 0.3) is 17.2 Å². The predicted molar refractivity (Wildman–Crippen MR) is 85.5 cm³/mol. The third-order valence-corrected chi connectivity index (χ3v) is 4.05. The van der Waals surface area contributed by atoms with Crippen LogP contribution in [0.4, 0.5) is 4.39 Å². The average Bonchev–Trinajstić information content (AvgIpc) is 3.10. The Morgan fingerprint density at radius 2 is 2.09 bits per heavy atom. The summed E-state index contributed by atoms with van der Waals surface area (Å²) in [7, 11) is 0. The highest BCUT2D eigenvalue weighted by Gasteiger charge is 2.25. The number of hydrogen-bond donors (Lipinski definition) is 0. The number of halogens is 1. The van der Waals surface area contributed by atoms with Gasteiger partial charge in [-0.2, -0.15) is 0 Å². The van der Waals surface area contributed by atoms with E-state index < -0.39 is 0 Å². The van der Waals surface area contributed by atoms with Crippen LogP contribution in [0.15, 0.2) is 46.6 Å². The second-order valence-electron chi connectivity index (χ2n) is 5.44. The van der Waals surface area contributed by atoms with E-state index >= 15 is 0 Å². The summed E-state index contributed by atoms with van der Waals surface area (Å²) in [6.07, 6.45) is 4.38. The summed E-state index contributed by atoms with van der Waals surface area (Å²) in [5, 5.41) is 0. The van der Waals surface area contributed by atoms with E-state index in [4.69, 9.17) is 4.42 Å². The Morgan fingerprint density at radius 3 is 2.77 bits per heavy atom. The molecule has 0 spiro atoms. The van der Waals surface area contributed by atoms with Crippen molar-refractivity contribution < 1.29 is 13.6 Å². The Bertz CT molecular complexity index is 780. The Hall–Kier alpha value is -2.42. The molecular formula is C19H17FO2. The standard InChI is InChI=1S/C19H17FO2/c1-3-14(21)10-17-12(2)18(11-15-5-4-8-22-15)16-7-6-13(20)9-19(16)17/h4-9,11H,3,10H2,1-2H3/b18-11-. The highest BCUT2D eigenvalue weighted by Crippen LogP contribution is 2.44. The van der Waals surface area contributed by atoms with Gasteiger partial charge in [0.05, 0.1) is 6.26 Å². The molecule has 0 atom stereocenters. The van der Waals surface area contributed by atoms with Gasteiger partial charge in [0.15, 0.2) is 0 Å². The summed E-state index contributed by atoms with van der Waals surface area (Å²) in [6.45, 7) is 3.82. The van der Waals surface area contributed by atoms with Gasteiger partial charge in [-0.3, -0.25) is 4.79 Å². The van der Waals surface area contributed by atoms with Crippen LogP contribution in [0.5, 0.6) is 0 Å². The van der Waals surface area contributed by atoms with Crippen molar-refractivity contribution in [2.45, 2.75) is 26.7 Å². The smallest absolute Gasteiger partial charge is 0.137 e. The molecule has 0 amide bonds. The van der Waals surface area contributed by atoms with Gasteiger partial charge < -0.3 is 4.42 Å². The van der Waals surface area contributed by atoms with Gasteiger partial charge in [-0.25, -0.2) is 4.39 Å². The van der Waals surface area contributed by atoms with Gasteiger partial charge >= 0.3 is 0 Å². The van der Waals surface area contributed by atoms with Crippen LogP contribution in [0.3, 0.4) is 0 Å². The van der Waals surface area contributed by atoms with Crippen LogP contribution < -0.4 is 0 Å². The second-order valence-corrected chi connectivity index (χ2v) is 5.44. The van der Waals surface area contributed by atoms with Crippen molar-refractivity contribution in [1.82, 2.24) is 0 Å². The van der Waals surface area contributed by atoms with Gasteiger partial charge in [0.25, 0.3) is 0 Å². The molecular weight excluding hydrogens is 279 g/mol. The molecule has 0 aliphatic heterocycles. The van der Waals surface area contributed by atoms with Crippen LogP contribution >= 0.6 is 0 Å². The van der Waals surface area contributed by atoms with E-state index in [1.807, 2.05) is 32.1 Å². The fourth-order valence-corrected chi connectivity index (χ4v) is 2.82. The van der Waals surface area contributed by atoms with Crippen molar-refractivity contribution in [3.63, 3.8) is 0 Å². The molecule has 1 aromatic heterocycles. The topological polar surface area (TPSA) is 30.2 Å². The lowest BCUT2D eigenvalue weighted by molar-refractivity contribution is -0.117. The number of benzene rings is 1. The van der Waals surface area contributed by atoms with Crippen molar-refractivity contribution in [3.8, 4) is 0 Å². The van der Waals surface area contributed by atoms with Crippen LogP contribution in [0, 0.1) is 5.82 Å². The van der Waals surface area contributed by atoms with E-state index in [1.165, 1.54) is 12.1 Å². The van der Waals surface area contributed by atoms with Gasteiger partial charge in [-0.1, -0.05) is 13.0 Å². The number of rotatable bonds is 4. The zero-order chi connectivity index (χ0) is 15.7. The first kappa shape index (κ1) is 14.5. The number of furan rings is 1. The zero-order valence-electron chi connectivity index (χ0n) is 12.7. The molecule has 1 aromatic carbocycles. The molecule has 2 nitrogen and oxygen atoms in total. The lowest BCUT2D eigenvalue weighted by Gasteiger charge is -2.05. The summed E-state index contributed by atoms with van der Waals surface area (Å²) >= 11 is 0. The molecule has 0 bridgehead atoms. The van der Waals surface area contributed by atoms with Crippen LogP contribution in [-0.2, 0) is 4.79 Å². The summed E-state index contributed by atoms with van der Waals surface area (Å²) < 4.78 is 19.0. The van der Waals surface area contributed by atoms with Crippen LogP contribution in [0.2, 0.25) is 0 Å². The van der Waals surface area contributed by atoms with E-state index in [0.29, 0.717) is 12.8 Å². The molecule has 0 saturated carbocycles. The number of Topliss-reactive ketones (excluding diaryl/α,β-unsaturated/α-hetero) is 1. The Morgan fingerprint density at radius 1 is 1.27 bits per heavy atom. The SMILES string of the molecule is CCC(=O)CC1=C(C)/C(=C/c2ccco2)c2ccc(F)cc21. The lowest BCUT2D eigenvalue weighted by Crippen LogP contribution is -1.97. The minimum absolute atomic E-state index is 0.156. The maximum atomic E-state index is 13.6. The van der Waals surface area contributed by atoms with Crippen molar-refractivity contribution in [3.05, 3.63) is 64.9 Å². The van der Waals surface area contributed by atoms with E-state index in [2.05, 4.69) is 0 Å². The third-order valence-electron chi connectivity index (χ3n) is 4.05. The van der Waals surface area contributed by atoms with E-state index in [-0.39, 0.29) is 11.6 Å². The molecule has 0 unspecified atom stereocenters. The lowest BCUT2D eigenvalue weighted by atomic mass is 9.99. The Labute approximate surface area is 129 Å². The fraction of sp³-hybridized carbons (Fsp3) is 0.211. The first-order chi connectivity index (χ1) is 10.6. The first-order valence-electron chi connectivity index (χ1n) is 7.37. The molecule has 112 valence electrons. The summed E-state index contributed by atoms with van der Waals surface area (Å²) in [4.78, 5) is 11.9. The molecule has 0 N–H and O–H groups in total. The van der Waals surface area contributed by atoms with E-state index in [0.717, 1.165) is 33.6 Å². The maximum absolute atomic E-state index is 13.6. The fourth-order valence-electron chi connectivity index (χ4n) is 2.82. The molecule has 0 fully saturated rings. The molecule has 1 heterocycles. The monoisotopic (exact) mass is 296 g/mol. The van der Waals surface area contributed by atoms with Crippen molar-refractivity contribution in [1.29, 1.82) is 0 Å². The number of allylic oxidation sites excluding steroid dienone is 3. The average molecular weight is 296 g/mol. The largest absolute Gasteiger partial charge is 0.465 e. The molecule has 0 radical (unpaired) electrons. The van der Waals surface area contributed by atoms with Gasteiger partial charge in [0.2, 0.25) is 0 Å². The molecule has 22 heavy (non-hydrogen) atoms. The van der Waals surface area contributed by atoms with Crippen molar-refractivity contribution in [2.75, 3.05) is 0 Å². The molecule has 1 aliphatic rings. The molecule has 3 heteroatoms. The molecule has 0 saturated heterocycles. The third kappa shape index (κ3) is 2.54. The minimum atomic E-state index is -0.285. The Balaban J connectivity index is 2.14. The maximum Gasteiger partial charge on any atom is 0.137 e. The Kier molecular flexibility index (Phi) is 3.80. The van der Waals surface area contributed by atoms with Crippen molar-refractivity contribution >= 4 is 23.0 Å². The van der Waals surface area contributed by atoms with Crippen LogP contribution in [-0.4, -0.2) is 5.78 Å². The number of hydrogen-bond acceptors (Lipinski definition) is 2. The normalized spacial score (nSPS) is 15.5. The van der Waals surface area contributed by atoms with Gasteiger partial charge in [-0.05, 0) is 65.1 Å². The molecule has 2 aromatic rings. The first-order valence-corrected chi connectivity index (χ1v) is 7.37.